The Balaban J connectivity index is 1.35. The van der Waals surface area contributed by atoms with Crippen LogP contribution in [-0.4, -0.2) is 27.9 Å². The van der Waals surface area contributed by atoms with Gasteiger partial charge in [-0.05, 0) is 67.9 Å². The summed E-state index contributed by atoms with van der Waals surface area (Å²) in [6.07, 6.45) is 11.9. The molecular formula is C22H26N2O. The lowest BCUT2D eigenvalue weighted by atomic mass is 9.84. The molecule has 1 saturated carbocycles. The van der Waals surface area contributed by atoms with Gasteiger partial charge in [-0.25, -0.2) is 0 Å². The molecule has 2 aliphatic heterocycles. The van der Waals surface area contributed by atoms with Gasteiger partial charge in [0.25, 0.3) is 0 Å². The monoisotopic (exact) mass is 334 g/mol. The van der Waals surface area contributed by atoms with Gasteiger partial charge in [0.05, 0.1) is 0 Å². The number of rotatable bonds is 3. The Morgan fingerprint density at radius 2 is 1.96 bits per heavy atom. The fraction of sp³-hybridized carbons (Fsp3) is 0.545. The Kier molecular flexibility index (Phi) is 3.41. The van der Waals surface area contributed by atoms with Crippen LogP contribution in [0.5, 0.6) is 0 Å². The van der Waals surface area contributed by atoms with Crippen LogP contribution in [0.25, 0.3) is 10.8 Å². The highest BCUT2D eigenvalue weighted by atomic mass is 16.2. The average Bonchev–Trinajstić information content (AvgIpc) is 3.32. The average molecular weight is 334 g/mol. The van der Waals surface area contributed by atoms with Crippen LogP contribution in [0.3, 0.4) is 0 Å². The van der Waals surface area contributed by atoms with E-state index in [1.807, 2.05) is 12.4 Å². The highest BCUT2D eigenvalue weighted by molar-refractivity contribution is 5.86. The number of amides is 1. The van der Waals surface area contributed by atoms with Gasteiger partial charge < -0.3 is 4.90 Å². The Hall–Kier alpha value is -1.90. The van der Waals surface area contributed by atoms with Crippen molar-refractivity contribution in [2.45, 2.75) is 64.0 Å². The molecular weight excluding hydrogens is 308 g/mol. The minimum Gasteiger partial charge on any atom is -0.336 e. The molecule has 5 rings (SSSR count). The predicted octanol–water partition coefficient (Wildman–Crippen LogP) is 4.35. The van der Waals surface area contributed by atoms with E-state index in [4.69, 9.17) is 0 Å². The first-order valence-electron chi connectivity index (χ1n) is 9.78. The van der Waals surface area contributed by atoms with Gasteiger partial charge in [0.2, 0.25) is 5.91 Å². The van der Waals surface area contributed by atoms with Crippen molar-refractivity contribution in [1.29, 1.82) is 0 Å². The molecule has 3 heteroatoms. The summed E-state index contributed by atoms with van der Waals surface area (Å²) in [5.41, 5.74) is 1.40. The third-order valence-corrected chi connectivity index (χ3v) is 6.86. The number of carbonyl (C=O) groups is 1. The van der Waals surface area contributed by atoms with Crippen molar-refractivity contribution in [3.05, 3.63) is 42.2 Å². The lowest BCUT2D eigenvalue weighted by Gasteiger charge is -2.40. The van der Waals surface area contributed by atoms with Crippen LogP contribution in [0.2, 0.25) is 0 Å². The summed E-state index contributed by atoms with van der Waals surface area (Å²) in [6, 6.07) is 9.67. The molecule has 130 valence electrons. The maximum atomic E-state index is 12.9. The highest BCUT2D eigenvalue weighted by Gasteiger charge is 2.53. The zero-order chi connectivity index (χ0) is 17.0. The lowest BCUT2D eigenvalue weighted by molar-refractivity contribution is -0.141. The molecule has 2 atom stereocenters. The zero-order valence-corrected chi connectivity index (χ0v) is 14.9. The van der Waals surface area contributed by atoms with Crippen LogP contribution in [0.15, 0.2) is 36.7 Å². The Morgan fingerprint density at radius 3 is 2.68 bits per heavy atom. The zero-order valence-electron chi connectivity index (χ0n) is 14.9. The summed E-state index contributed by atoms with van der Waals surface area (Å²) < 4.78 is 0. The summed E-state index contributed by atoms with van der Waals surface area (Å²) in [6.45, 7) is 2.16. The summed E-state index contributed by atoms with van der Waals surface area (Å²) in [5.74, 6) is 1.15. The molecule has 3 nitrogen and oxygen atoms in total. The van der Waals surface area contributed by atoms with Crippen LogP contribution < -0.4 is 0 Å². The number of piperidine rings is 1. The number of fused-ring (bicyclic) bond motifs is 3. The Labute approximate surface area is 149 Å². The number of hydrogen-bond donors (Lipinski definition) is 0. The van der Waals surface area contributed by atoms with E-state index in [1.165, 1.54) is 42.0 Å². The molecule has 25 heavy (non-hydrogen) atoms. The standard InChI is InChI=1S/C22H26N2O/c1-22(8-9-22)21(25)24-18-5-6-19(24)13-15(12-18)11-17-4-2-3-16-7-10-23-14-20(16)17/h2-4,7,10,14-15,18-19H,5-6,8-9,11-13H2,1H3. The minimum absolute atomic E-state index is 0.0189. The highest BCUT2D eigenvalue weighted by Crippen LogP contribution is 2.50. The topological polar surface area (TPSA) is 33.2 Å². The van der Waals surface area contributed by atoms with Crippen molar-refractivity contribution in [3.63, 3.8) is 0 Å². The minimum atomic E-state index is -0.0189. The molecule has 2 unspecified atom stereocenters. The molecule has 1 aliphatic carbocycles. The van der Waals surface area contributed by atoms with E-state index in [2.05, 4.69) is 41.1 Å². The number of benzene rings is 1. The van der Waals surface area contributed by atoms with E-state index >= 15 is 0 Å². The predicted molar refractivity (Wildman–Crippen MR) is 99.2 cm³/mol. The summed E-state index contributed by atoms with van der Waals surface area (Å²) in [7, 11) is 0. The molecule has 1 amide bonds. The molecule has 3 fully saturated rings. The van der Waals surface area contributed by atoms with E-state index in [9.17, 15) is 4.79 Å². The molecule has 2 saturated heterocycles. The van der Waals surface area contributed by atoms with Gasteiger partial charge in [0.1, 0.15) is 0 Å². The first-order chi connectivity index (χ1) is 12.1. The van der Waals surface area contributed by atoms with Gasteiger partial charge in [-0.2, -0.15) is 0 Å². The van der Waals surface area contributed by atoms with Gasteiger partial charge >= 0.3 is 0 Å². The van der Waals surface area contributed by atoms with Gasteiger partial charge in [0, 0.05) is 35.3 Å². The Morgan fingerprint density at radius 1 is 1.20 bits per heavy atom. The van der Waals surface area contributed by atoms with Gasteiger partial charge in [-0.15, -0.1) is 0 Å². The van der Waals surface area contributed by atoms with Gasteiger partial charge in [-0.3, -0.25) is 9.78 Å². The van der Waals surface area contributed by atoms with Gasteiger partial charge in [-0.1, -0.05) is 25.1 Å². The van der Waals surface area contributed by atoms with Crippen molar-refractivity contribution in [1.82, 2.24) is 9.88 Å². The number of pyridine rings is 1. The fourth-order valence-electron chi connectivity index (χ4n) is 5.17. The molecule has 1 aromatic carbocycles. The molecule has 0 spiro atoms. The molecule has 0 radical (unpaired) electrons. The van der Waals surface area contributed by atoms with E-state index in [1.54, 1.807) is 0 Å². The molecule has 3 heterocycles. The number of nitrogens with zero attached hydrogens (tertiary/aromatic N) is 2. The summed E-state index contributed by atoms with van der Waals surface area (Å²) >= 11 is 0. The first kappa shape index (κ1) is 15.4. The number of aromatic nitrogens is 1. The third kappa shape index (κ3) is 2.56. The molecule has 2 bridgehead atoms. The quantitative estimate of drug-likeness (QED) is 0.836. The van der Waals surface area contributed by atoms with E-state index in [0.717, 1.165) is 19.3 Å². The molecule has 1 aromatic heterocycles. The molecule has 0 N–H and O–H groups in total. The second-order valence-electron chi connectivity index (χ2n) is 8.71. The molecule has 2 aromatic rings. The van der Waals surface area contributed by atoms with Crippen molar-refractivity contribution in [2.75, 3.05) is 0 Å². The van der Waals surface area contributed by atoms with Crippen LogP contribution in [-0.2, 0) is 11.2 Å². The second-order valence-corrected chi connectivity index (χ2v) is 8.71. The largest absolute Gasteiger partial charge is 0.336 e. The SMILES string of the molecule is CC1(C(=O)N2C3CCC2CC(Cc2cccc4ccncc24)C3)CC1. The van der Waals surface area contributed by atoms with E-state index in [-0.39, 0.29) is 5.41 Å². The Bertz CT molecular complexity index is 806. The lowest BCUT2D eigenvalue weighted by Crippen LogP contribution is -2.49. The number of hydrogen-bond acceptors (Lipinski definition) is 2. The number of carbonyl (C=O) groups excluding carboxylic acids is 1. The van der Waals surface area contributed by atoms with Crippen LogP contribution in [0.1, 0.15) is 51.0 Å². The maximum absolute atomic E-state index is 12.9. The van der Waals surface area contributed by atoms with Crippen LogP contribution >= 0.6 is 0 Å². The second kappa shape index (κ2) is 5.55. The van der Waals surface area contributed by atoms with Crippen LogP contribution in [0.4, 0.5) is 0 Å². The van der Waals surface area contributed by atoms with E-state index < -0.39 is 0 Å². The van der Waals surface area contributed by atoms with Crippen molar-refractivity contribution >= 4 is 16.7 Å². The van der Waals surface area contributed by atoms with E-state index in [0.29, 0.717) is 23.9 Å². The normalized spacial score (nSPS) is 29.8. The fourth-order valence-corrected chi connectivity index (χ4v) is 5.17. The maximum Gasteiger partial charge on any atom is 0.229 e. The van der Waals surface area contributed by atoms with Crippen molar-refractivity contribution in [3.8, 4) is 0 Å². The third-order valence-electron chi connectivity index (χ3n) is 6.86. The summed E-state index contributed by atoms with van der Waals surface area (Å²) in [4.78, 5) is 19.5. The smallest absolute Gasteiger partial charge is 0.229 e. The van der Waals surface area contributed by atoms with Crippen molar-refractivity contribution in [2.24, 2.45) is 11.3 Å². The molecule has 3 aliphatic rings. The van der Waals surface area contributed by atoms with Crippen molar-refractivity contribution < 1.29 is 4.79 Å². The summed E-state index contributed by atoms with van der Waals surface area (Å²) in [5, 5.41) is 2.58. The first-order valence-corrected chi connectivity index (χ1v) is 9.78. The van der Waals surface area contributed by atoms with Crippen LogP contribution in [0, 0.1) is 11.3 Å². The van der Waals surface area contributed by atoms with Gasteiger partial charge in [0.15, 0.2) is 0 Å².